The molecule has 1 heterocycles. The summed E-state index contributed by atoms with van der Waals surface area (Å²) in [5, 5.41) is 0.00356. The summed E-state index contributed by atoms with van der Waals surface area (Å²) in [6, 6.07) is 2.71. The number of imidazole rings is 1. The zero-order valence-corrected chi connectivity index (χ0v) is 10.8. The predicted molar refractivity (Wildman–Crippen MR) is 68.1 cm³/mol. The van der Waals surface area contributed by atoms with Gasteiger partial charge in [0.15, 0.2) is 0 Å². The van der Waals surface area contributed by atoms with Gasteiger partial charge in [0.1, 0.15) is 11.6 Å². The third kappa shape index (κ3) is 2.42. The molecule has 0 aliphatic carbocycles. The Morgan fingerprint density at radius 2 is 2.22 bits per heavy atom. The molecule has 0 fully saturated rings. The molecule has 18 heavy (non-hydrogen) atoms. The van der Waals surface area contributed by atoms with Crippen LogP contribution in [0.4, 0.5) is 4.39 Å². The van der Waals surface area contributed by atoms with E-state index in [1.807, 2.05) is 0 Å². The Morgan fingerprint density at radius 1 is 1.50 bits per heavy atom. The minimum atomic E-state index is -0.537. The zero-order chi connectivity index (χ0) is 13.3. The maximum atomic E-state index is 13.3. The van der Waals surface area contributed by atoms with Crippen LogP contribution in [0.3, 0.4) is 0 Å². The highest BCUT2D eigenvalue weighted by Crippen LogP contribution is 2.24. The molecule has 2 rings (SSSR count). The molecule has 0 saturated heterocycles. The van der Waals surface area contributed by atoms with Crippen molar-refractivity contribution in [1.29, 1.82) is 0 Å². The lowest BCUT2D eigenvalue weighted by molar-refractivity contribution is -0.118. The van der Waals surface area contributed by atoms with Gasteiger partial charge in [0.05, 0.1) is 21.9 Å². The number of nitrogens with zero attached hydrogens (tertiary/aromatic N) is 2. The van der Waals surface area contributed by atoms with Crippen LogP contribution in [0, 0.1) is 5.82 Å². The van der Waals surface area contributed by atoms with Gasteiger partial charge in [-0.15, -0.1) is 11.6 Å². The fourth-order valence-electron chi connectivity index (χ4n) is 1.74. The summed E-state index contributed by atoms with van der Waals surface area (Å²) < 4.78 is 15.0. The van der Waals surface area contributed by atoms with E-state index in [4.69, 9.17) is 28.9 Å². The number of hydrogen-bond acceptors (Lipinski definition) is 2. The Bertz CT molecular complexity index is 612. The van der Waals surface area contributed by atoms with Crippen molar-refractivity contribution in [2.45, 2.75) is 18.8 Å². The number of amides is 1. The lowest BCUT2D eigenvalue weighted by Gasteiger charge is -2.06. The highest BCUT2D eigenvalue weighted by molar-refractivity contribution is 6.31. The van der Waals surface area contributed by atoms with Crippen LogP contribution in [0.5, 0.6) is 0 Å². The first-order valence-electron chi connectivity index (χ1n) is 5.21. The summed E-state index contributed by atoms with van der Waals surface area (Å²) in [5.41, 5.74) is 6.20. The van der Waals surface area contributed by atoms with Gasteiger partial charge in [-0.3, -0.25) is 4.79 Å². The summed E-state index contributed by atoms with van der Waals surface area (Å²) in [6.07, 6.45) is 0.157. The summed E-state index contributed by atoms with van der Waals surface area (Å²) in [7, 11) is 0. The molecule has 0 spiro atoms. The molecule has 2 aromatic rings. The van der Waals surface area contributed by atoms with Crippen LogP contribution in [0.25, 0.3) is 11.0 Å². The van der Waals surface area contributed by atoms with Crippen molar-refractivity contribution in [3.63, 3.8) is 0 Å². The lowest BCUT2D eigenvalue weighted by Crippen LogP contribution is -2.14. The quantitative estimate of drug-likeness (QED) is 0.879. The Hall–Kier alpha value is -1.33. The first-order chi connectivity index (χ1) is 8.52. The topological polar surface area (TPSA) is 60.9 Å². The van der Waals surface area contributed by atoms with Crippen LogP contribution >= 0.6 is 23.2 Å². The second kappa shape index (κ2) is 5.12. The normalized spacial score (nSPS) is 11.1. The largest absolute Gasteiger partial charge is 0.370 e. The Kier molecular flexibility index (Phi) is 3.73. The van der Waals surface area contributed by atoms with Crippen molar-refractivity contribution in [1.82, 2.24) is 9.55 Å². The Balaban J connectivity index is 2.53. The second-order valence-electron chi connectivity index (χ2n) is 3.78. The fraction of sp³-hybridized carbons (Fsp3) is 0.273. The van der Waals surface area contributed by atoms with E-state index in [-0.39, 0.29) is 17.3 Å². The van der Waals surface area contributed by atoms with Crippen molar-refractivity contribution in [2.24, 2.45) is 5.73 Å². The molecule has 1 aromatic heterocycles. The van der Waals surface area contributed by atoms with Gasteiger partial charge in [0.25, 0.3) is 0 Å². The Labute approximate surface area is 112 Å². The average Bonchev–Trinajstić information content (AvgIpc) is 2.64. The number of carbonyl (C=O) groups excluding carboxylic acids is 1. The fourth-order valence-corrected chi connectivity index (χ4v) is 2.11. The summed E-state index contributed by atoms with van der Waals surface area (Å²) in [5.74, 6) is -0.253. The van der Waals surface area contributed by atoms with Crippen LogP contribution in [0.15, 0.2) is 12.1 Å². The molecule has 0 aliphatic rings. The Morgan fingerprint density at radius 3 is 2.83 bits per heavy atom. The molecule has 7 heteroatoms. The van der Waals surface area contributed by atoms with E-state index in [1.54, 1.807) is 4.57 Å². The van der Waals surface area contributed by atoms with Crippen LogP contribution < -0.4 is 5.73 Å². The van der Waals surface area contributed by atoms with Gasteiger partial charge in [-0.05, 0) is 6.07 Å². The van der Waals surface area contributed by atoms with Crippen molar-refractivity contribution in [3.8, 4) is 0 Å². The van der Waals surface area contributed by atoms with Gasteiger partial charge in [-0.2, -0.15) is 0 Å². The van der Waals surface area contributed by atoms with E-state index >= 15 is 0 Å². The van der Waals surface area contributed by atoms with E-state index < -0.39 is 11.7 Å². The van der Waals surface area contributed by atoms with E-state index in [0.717, 1.165) is 0 Å². The maximum Gasteiger partial charge on any atom is 0.219 e. The minimum Gasteiger partial charge on any atom is -0.370 e. The van der Waals surface area contributed by atoms with Crippen molar-refractivity contribution >= 4 is 40.1 Å². The number of halogens is 3. The first-order valence-corrected chi connectivity index (χ1v) is 6.12. The van der Waals surface area contributed by atoms with E-state index in [0.29, 0.717) is 23.4 Å². The standard InChI is InChI=1S/C11H10Cl2FN3O/c12-5-11-16-8-4-7(14)6(13)3-9(8)17(11)2-1-10(15)18/h3-4H,1-2,5H2,(H2,15,18). The molecule has 96 valence electrons. The molecule has 2 N–H and O–H groups in total. The molecule has 0 radical (unpaired) electrons. The molecule has 4 nitrogen and oxygen atoms in total. The van der Waals surface area contributed by atoms with Gasteiger partial charge in [-0.1, -0.05) is 11.6 Å². The number of hydrogen-bond donors (Lipinski definition) is 1. The van der Waals surface area contributed by atoms with Crippen LogP contribution in [-0.2, 0) is 17.2 Å². The molecule has 0 bridgehead atoms. The molecular weight excluding hydrogens is 280 g/mol. The van der Waals surface area contributed by atoms with Gasteiger partial charge < -0.3 is 10.3 Å². The molecule has 0 atom stereocenters. The molecular formula is C11H10Cl2FN3O. The maximum absolute atomic E-state index is 13.3. The van der Waals surface area contributed by atoms with Gasteiger partial charge in [-0.25, -0.2) is 9.37 Å². The number of benzene rings is 1. The number of aryl methyl sites for hydroxylation is 1. The molecule has 1 amide bonds. The molecule has 0 aliphatic heterocycles. The SMILES string of the molecule is NC(=O)CCn1c(CCl)nc2cc(F)c(Cl)cc21. The van der Waals surface area contributed by atoms with E-state index in [2.05, 4.69) is 4.98 Å². The van der Waals surface area contributed by atoms with Gasteiger partial charge >= 0.3 is 0 Å². The van der Waals surface area contributed by atoms with Crippen LogP contribution in [0.2, 0.25) is 5.02 Å². The number of fused-ring (bicyclic) bond motifs is 1. The highest BCUT2D eigenvalue weighted by atomic mass is 35.5. The summed E-state index contributed by atoms with van der Waals surface area (Å²) >= 11 is 11.5. The van der Waals surface area contributed by atoms with Gasteiger partial charge in [0.2, 0.25) is 5.91 Å². The van der Waals surface area contributed by atoms with Crippen LogP contribution in [0.1, 0.15) is 12.2 Å². The number of nitrogens with two attached hydrogens (primary N) is 1. The average molecular weight is 290 g/mol. The van der Waals surface area contributed by atoms with Crippen molar-refractivity contribution < 1.29 is 9.18 Å². The van der Waals surface area contributed by atoms with Crippen molar-refractivity contribution in [3.05, 3.63) is 28.8 Å². The number of aromatic nitrogens is 2. The third-order valence-electron chi connectivity index (χ3n) is 2.57. The molecule has 0 unspecified atom stereocenters. The monoisotopic (exact) mass is 289 g/mol. The molecule has 0 saturated carbocycles. The third-order valence-corrected chi connectivity index (χ3v) is 3.10. The number of rotatable bonds is 4. The van der Waals surface area contributed by atoms with Gasteiger partial charge in [0, 0.05) is 19.0 Å². The lowest BCUT2D eigenvalue weighted by atomic mass is 10.3. The summed E-state index contributed by atoms with van der Waals surface area (Å²) in [6.45, 7) is 0.343. The minimum absolute atomic E-state index is 0.00356. The smallest absolute Gasteiger partial charge is 0.219 e. The van der Waals surface area contributed by atoms with Crippen molar-refractivity contribution in [2.75, 3.05) is 0 Å². The second-order valence-corrected chi connectivity index (χ2v) is 4.46. The van der Waals surface area contributed by atoms with Crippen LogP contribution in [-0.4, -0.2) is 15.5 Å². The van der Waals surface area contributed by atoms with E-state index in [9.17, 15) is 9.18 Å². The molecule has 1 aromatic carbocycles. The zero-order valence-electron chi connectivity index (χ0n) is 9.29. The number of alkyl halides is 1. The van der Waals surface area contributed by atoms with E-state index in [1.165, 1.54) is 12.1 Å². The first kappa shape index (κ1) is 13.1. The summed E-state index contributed by atoms with van der Waals surface area (Å²) in [4.78, 5) is 15.0. The highest BCUT2D eigenvalue weighted by Gasteiger charge is 2.13. The predicted octanol–water partition coefficient (Wildman–Crippen LogP) is 2.44. The number of carbonyl (C=O) groups is 1. The number of primary amides is 1.